The Morgan fingerprint density at radius 1 is 1.35 bits per heavy atom. The first-order valence-electron chi connectivity index (χ1n) is 6.81. The van der Waals surface area contributed by atoms with Gasteiger partial charge in [-0.2, -0.15) is 0 Å². The molecule has 1 aliphatic heterocycles. The molecule has 5 heteroatoms. The lowest BCUT2D eigenvalue weighted by molar-refractivity contribution is 0.352. The normalized spacial score (nSPS) is 15.8. The van der Waals surface area contributed by atoms with Crippen molar-refractivity contribution in [2.24, 2.45) is 5.73 Å². The summed E-state index contributed by atoms with van der Waals surface area (Å²) < 4.78 is 9.86. The Bertz CT molecular complexity index is 630. The molecule has 0 spiro atoms. The molecule has 20 heavy (non-hydrogen) atoms. The molecular weight excluding hydrogens is 270 g/mol. The average Bonchev–Trinajstić information content (AvgIpc) is 3.05. The van der Waals surface area contributed by atoms with Crippen LogP contribution in [0.4, 0.5) is 0 Å². The van der Waals surface area contributed by atoms with Crippen LogP contribution in [-0.2, 0) is 11.8 Å². The summed E-state index contributed by atoms with van der Waals surface area (Å²) in [6, 6.07) is 5.97. The molecule has 1 aromatic heterocycles. The number of nitrogens with zero attached hydrogens (tertiary/aromatic N) is 2. The summed E-state index contributed by atoms with van der Waals surface area (Å²) in [4.78, 5) is 1.03. The highest BCUT2D eigenvalue weighted by Gasteiger charge is 2.29. The minimum atomic E-state index is -0.225. The highest BCUT2D eigenvalue weighted by molar-refractivity contribution is 7.05. The molecule has 0 saturated heterocycles. The van der Waals surface area contributed by atoms with Crippen molar-refractivity contribution < 1.29 is 4.74 Å². The van der Waals surface area contributed by atoms with E-state index in [1.807, 2.05) is 12.1 Å². The van der Waals surface area contributed by atoms with Crippen molar-refractivity contribution in [3.8, 4) is 5.75 Å². The molecule has 0 saturated carbocycles. The first-order valence-corrected chi connectivity index (χ1v) is 7.58. The predicted octanol–water partition coefficient (Wildman–Crippen LogP) is 2.82. The highest BCUT2D eigenvalue weighted by atomic mass is 32.1. The quantitative estimate of drug-likeness (QED) is 0.923. The Balaban J connectivity index is 2.04. The van der Waals surface area contributed by atoms with Crippen molar-refractivity contribution >= 4 is 11.5 Å². The molecule has 3 rings (SSSR count). The Morgan fingerprint density at radius 3 is 2.90 bits per heavy atom. The fourth-order valence-corrected chi connectivity index (χ4v) is 3.43. The second kappa shape index (κ2) is 4.82. The van der Waals surface area contributed by atoms with Crippen LogP contribution in [0.1, 0.15) is 48.5 Å². The molecule has 1 aromatic carbocycles. The number of nitrogens with two attached hydrogens (primary N) is 1. The van der Waals surface area contributed by atoms with Gasteiger partial charge in [0.2, 0.25) is 0 Å². The number of aromatic nitrogens is 2. The SMILES string of the molecule is CC(C)(C)c1nnsc1C(N)c1cccc2c1OCC2. The van der Waals surface area contributed by atoms with E-state index >= 15 is 0 Å². The molecule has 106 valence electrons. The number of rotatable bonds is 2. The molecule has 1 aliphatic rings. The van der Waals surface area contributed by atoms with E-state index in [0.29, 0.717) is 0 Å². The maximum atomic E-state index is 6.48. The summed E-state index contributed by atoms with van der Waals surface area (Å²) in [5.41, 5.74) is 9.68. The van der Waals surface area contributed by atoms with Gasteiger partial charge >= 0.3 is 0 Å². The fourth-order valence-electron chi connectivity index (χ4n) is 2.55. The van der Waals surface area contributed by atoms with Gasteiger partial charge in [0.05, 0.1) is 23.2 Å². The molecule has 4 nitrogen and oxygen atoms in total. The van der Waals surface area contributed by atoms with E-state index in [-0.39, 0.29) is 11.5 Å². The molecule has 2 N–H and O–H groups in total. The molecule has 1 atom stereocenters. The number of hydrogen-bond acceptors (Lipinski definition) is 5. The van der Waals surface area contributed by atoms with E-state index in [1.165, 1.54) is 17.1 Å². The number of para-hydroxylation sites is 1. The third kappa shape index (κ3) is 2.21. The molecule has 0 amide bonds. The van der Waals surface area contributed by atoms with Crippen LogP contribution in [0.3, 0.4) is 0 Å². The fraction of sp³-hybridized carbons (Fsp3) is 0.467. The zero-order valence-electron chi connectivity index (χ0n) is 12.0. The standard InChI is InChI=1S/C15H19N3OS/c1-15(2,3)14-13(20-18-17-14)11(16)10-6-4-5-9-7-8-19-12(9)10/h4-6,11H,7-8,16H2,1-3H3. The molecule has 2 heterocycles. The van der Waals surface area contributed by atoms with Gasteiger partial charge in [-0.05, 0) is 17.1 Å². The summed E-state index contributed by atoms with van der Waals surface area (Å²) in [6.45, 7) is 7.13. The van der Waals surface area contributed by atoms with Crippen LogP contribution >= 0.6 is 11.5 Å². The minimum absolute atomic E-state index is 0.0568. The summed E-state index contributed by atoms with van der Waals surface area (Å²) >= 11 is 1.38. The summed E-state index contributed by atoms with van der Waals surface area (Å²) in [6.07, 6.45) is 0.961. The lowest BCUT2D eigenvalue weighted by Gasteiger charge is -2.20. The van der Waals surface area contributed by atoms with Gasteiger partial charge in [-0.3, -0.25) is 0 Å². The zero-order chi connectivity index (χ0) is 14.3. The maximum absolute atomic E-state index is 6.48. The molecule has 2 aromatic rings. The Hall–Kier alpha value is -1.46. The summed E-state index contributed by atoms with van der Waals surface area (Å²) in [7, 11) is 0. The van der Waals surface area contributed by atoms with Crippen LogP contribution in [0.2, 0.25) is 0 Å². The lowest BCUT2D eigenvalue weighted by Crippen LogP contribution is -2.20. The van der Waals surface area contributed by atoms with E-state index in [1.54, 1.807) is 0 Å². The largest absolute Gasteiger partial charge is 0.493 e. The van der Waals surface area contributed by atoms with E-state index < -0.39 is 0 Å². The second-order valence-corrected chi connectivity index (χ2v) is 6.93. The lowest BCUT2D eigenvalue weighted by atomic mass is 9.88. The Kier molecular flexibility index (Phi) is 3.26. The first-order chi connectivity index (χ1) is 9.48. The highest BCUT2D eigenvalue weighted by Crippen LogP contribution is 2.38. The van der Waals surface area contributed by atoms with Gasteiger partial charge in [0.25, 0.3) is 0 Å². The van der Waals surface area contributed by atoms with Crippen LogP contribution in [0.25, 0.3) is 0 Å². The summed E-state index contributed by atoms with van der Waals surface area (Å²) in [5.74, 6) is 0.952. The van der Waals surface area contributed by atoms with Crippen molar-refractivity contribution in [1.82, 2.24) is 9.59 Å². The van der Waals surface area contributed by atoms with Crippen LogP contribution < -0.4 is 10.5 Å². The average molecular weight is 289 g/mol. The topological polar surface area (TPSA) is 61.0 Å². The van der Waals surface area contributed by atoms with E-state index in [0.717, 1.165) is 34.9 Å². The van der Waals surface area contributed by atoms with Gasteiger partial charge in [0.15, 0.2) is 0 Å². The van der Waals surface area contributed by atoms with Crippen LogP contribution in [0.5, 0.6) is 5.75 Å². The third-order valence-electron chi connectivity index (χ3n) is 3.59. The van der Waals surface area contributed by atoms with Crippen molar-refractivity contribution in [3.63, 3.8) is 0 Å². The summed E-state index contributed by atoms with van der Waals surface area (Å²) in [5, 5.41) is 4.28. The molecule has 1 unspecified atom stereocenters. The third-order valence-corrected chi connectivity index (χ3v) is 4.39. The minimum Gasteiger partial charge on any atom is -0.493 e. The van der Waals surface area contributed by atoms with Crippen LogP contribution in [-0.4, -0.2) is 16.2 Å². The van der Waals surface area contributed by atoms with Crippen LogP contribution in [0.15, 0.2) is 18.2 Å². The number of ether oxygens (including phenoxy) is 1. The van der Waals surface area contributed by atoms with Gasteiger partial charge in [-0.15, -0.1) is 5.10 Å². The van der Waals surface area contributed by atoms with Gasteiger partial charge in [0, 0.05) is 17.4 Å². The predicted molar refractivity (Wildman–Crippen MR) is 80.3 cm³/mol. The first kappa shape index (κ1) is 13.5. The molecular formula is C15H19N3OS. The second-order valence-electron chi connectivity index (χ2n) is 6.15. The number of fused-ring (bicyclic) bond motifs is 1. The molecule has 0 fully saturated rings. The van der Waals surface area contributed by atoms with Crippen LogP contribution in [0, 0.1) is 0 Å². The van der Waals surface area contributed by atoms with Gasteiger partial charge < -0.3 is 10.5 Å². The number of benzene rings is 1. The van der Waals surface area contributed by atoms with Gasteiger partial charge in [-0.25, -0.2) is 0 Å². The Morgan fingerprint density at radius 2 is 2.15 bits per heavy atom. The maximum Gasteiger partial charge on any atom is 0.127 e. The Labute approximate surface area is 123 Å². The van der Waals surface area contributed by atoms with Crippen molar-refractivity contribution in [1.29, 1.82) is 0 Å². The van der Waals surface area contributed by atoms with E-state index in [2.05, 4.69) is 36.4 Å². The van der Waals surface area contributed by atoms with Gasteiger partial charge in [-0.1, -0.05) is 43.5 Å². The molecule has 0 bridgehead atoms. The van der Waals surface area contributed by atoms with Crippen molar-refractivity contribution in [3.05, 3.63) is 39.9 Å². The smallest absolute Gasteiger partial charge is 0.127 e. The van der Waals surface area contributed by atoms with Crippen molar-refractivity contribution in [2.75, 3.05) is 6.61 Å². The zero-order valence-corrected chi connectivity index (χ0v) is 12.8. The monoisotopic (exact) mass is 289 g/mol. The molecule has 0 aliphatic carbocycles. The van der Waals surface area contributed by atoms with Gasteiger partial charge in [0.1, 0.15) is 5.75 Å². The van der Waals surface area contributed by atoms with E-state index in [4.69, 9.17) is 10.5 Å². The molecule has 0 radical (unpaired) electrons. The van der Waals surface area contributed by atoms with E-state index in [9.17, 15) is 0 Å². The van der Waals surface area contributed by atoms with Crippen molar-refractivity contribution in [2.45, 2.75) is 38.6 Å². The number of hydrogen-bond donors (Lipinski definition) is 1.